The second kappa shape index (κ2) is 5.61. The maximum Gasteiger partial charge on any atom is 0.312 e. The molecule has 0 spiro atoms. The van der Waals surface area contributed by atoms with Gasteiger partial charge in [0, 0.05) is 0 Å². The molecule has 0 bridgehead atoms. The van der Waals surface area contributed by atoms with Gasteiger partial charge < -0.3 is 8.92 Å². The molecule has 4 nitrogen and oxygen atoms in total. The van der Waals surface area contributed by atoms with E-state index in [1.54, 1.807) is 31.4 Å². The molecule has 5 heteroatoms. The molecule has 0 heterocycles. The predicted molar refractivity (Wildman–Crippen MR) is 69.4 cm³/mol. The number of hydrogen-bond acceptors (Lipinski definition) is 4. The molecule has 1 aromatic rings. The van der Waals surface area contributed by atoms with E-state index in [4.69, 9.17) is 8.92 Å². The van der Waals surface area contributed by atoms with Gasteiger partial charge >= 0.3 is 10.1 Å². The van der Waals surface area contributed by atoms with Crippen molar-refractivity contribution in [2.75, 3.05) is 7.11 Å². The standard InChI is InChI=1S/C13H18O4S/c1-16-11-7-9-12(10-8-11)17-18(14,15)13-5-3-2-4-6-13/h7-10,13H,2-6H2,1H3. The molecule has 0 N–H and O–H groups in total. The highest BCUT2D eigenvalue weighted by molar-refractivity contribution is 7.87. The lowest BCUT2D eigenvalue weighted by Gasteiger charge is -2.21. The predicted octanol–water partition coefficient (Wildman–Crippen LogP) is 2.74. The van der Waals surface area contributed by atoms with Gasteiger partial charge in [-0.1, -0.05) is 19.3 Å². The number of rotatable bonds is 4. The molecule has 0 aromatic heterocycles. The number of methoxy groups -OCH3 is 1. The zero-order valence-electron chi connectivity index (χ0n) is 10.5. The fourth-order valence-electron chi connectivity index (χ4n) is 2.19. The van der Waals surface area contributed by atoms with E-state index < -0.39 is 10.1 Å². The molecule has 0 unspecified atom stereocenters. The van der Waals surface area contributed by atoms with Crippen molar-refractivity contribution in [1.29, 1.82) is 0 Å². The largest absolute Gasteiger partial charge is 0.497 e. The molecule has 1 aliphatic carbocycles. The van der Waals surface area contributed by atoms with Crippen molar-refractivity contribution < 1.29 is 17.3 Å². The Morgan fingerprint density at radius 1 is 1.00 bits per heavy atom. The van der Waals surface area contributed by atoms with Crippen LogP contribution in [0.5, 0.6) is 11.5 Å². The highest BCUT2D eigenvalue weighted by atomic mass is 32.2. The number of ether oxygens (including phenoxy) is 1. The number of benzene rings is 1. The second-order valence-corrected chi connectivity index (χ2v) is 6.33. The minimum Gasteiger partial charge on any atom is -0.497 e. The van der Waals surface area contributed by atoms with E-state index in [1.165, 1.54) is 0 Å². The Morgan fingerprint density at radius 3 is 2.11 bits per heavy atom. The minimum atomic E-state index is -3.50. The maximum atomic E-state index is 12.1. The Labute approximate surface area is 108 Å². The summed E-state index contributed by atoms with van der Waals surface area (Å²) in [5.41, 5.74) is 0. The Balaban J connectivity index is 2.06. The lowest BCUT2D eigenvalue weighted by molar-refractivity contribution is 0.412. The van der Waals surface area contributed by atoms with E-state index in [9.17, 15) is 8.42 Å². The van der Waals surface area contributed by atoms with Crippen molar-refractivity contribution in [3.05, 3.63) is 24.3 Å². The van der Waals surface area contributed by atoms with E-state index in [-0.39, 0.29) is 5.25 Å². The molecule has 1 aromatic carbocycles. The summed E-state index contributed by atoms with van der Waals surface area (Å²) in [4.78, 5) is 0. The lowest BCUT2D eigenvalue weighted by Crippen LogP contribution is -2.28. The van der Waals surface area contributed by atoms with Crippen LogP contribution in [0.25, 0.3) is 0 Å². The summed E-state index contributed by atoms with van der Waals surface area (Å²) in [5, 5.41) is -0.353. The van der Waals surface area contributed by atoms with Crippen molar-refractivity contribution in [2.24, 2.45) is 0 Å². The molecule has 1 saturated carbocycles. The average Bonchev–Trinajstić information content (AvgIpc) is 2.40. The zero-order valence-corrected chi connectivity index (χ0v) is 11.3. The first-order chi connectivity index (χ1) is 8.62. The van der Waals surface area contributed by atoms with Gasteiger partial charge in [-0.05, 0) is 37.1 Å². The van der Waals surface area contributed by atoms with E-state index >= 15 is 0 Å². The third-order valence-corrected chi connectivity index (χ3v) is 4.94. The Hall–Kier alpha value is -1.23. The summed E-state index contributed by atoms with van der Waals surface area (Å²) in [7, 11) is -1.93. The van der Waals surface area contributed by atoms with Crippen LogP contribution < -0.4 is 8.92 Å². The van der Waals surface area contributed by atoms with Crippen LogP contribution in [0.2, 0.25) is 0 Å². The normalized spacial score (nSPS) is 17.4. The SMILES string of the molecule is COc1ccc(OS(=O)(=O)C2CCCCC2)cc1. The molecule has 0 radical (unpaired) electrons. The van der Waals surface area contributed by atoms with E-state index in [0.717, 1.165) is 19.3 Å². The van der Waals surface area contributed by atoms with Gasteiger partial charge in [0.1, 0.15) is 11.5 Å². The first-order valence-corrected chi connectivity index (χ1v) is 7.66. The maximum absolute atomic E-state index is 12.1. The smallest absolute Gasteiger partial charge is 0.312 e. The highest BCUT2D eigenvalue weighted by Gasteiger charge is 2.29. The summed E-state index contributed by atoms with van der Waals surface area (Å²) in [6.45, 7) is 0. The molecular weight excluding hydrogens is 252 g/mol. The summed E-state index contributed by atoms with van der Waals surface area (Å²) >= 11 is 0. The zero-order chi connectivity index (χ0) is 13.0. The van der Waals surface area contributed by atoms with Gasteiger partial charge in [0.05, 0.1) is 12.4 Å². The van der Waals surface area contributed by atoms with Crippen LogP contribution in [0.3, 0.4) is 0 Å². The van der Waals surface area contributed by atoms with Gasteiger partial charge in [0.2, 0.25) is 0 Å². The topological polar surface area (TPSA) is 52.6 Å². The van der Waals surface area contributed by atoms with Crippen molar-refractivity contribution in [2.45, 2.75) is 37.4 Å². The number of hydrogen-bond donors (Lipinski definition) is 0. The Morgan fingerprint density at radius 2 is 1.56 bits per heavy atom. The van der Waals surface area contributed by atoms with Gasteiger partial charge in [0.15, 0.2) is 0 Å². The Kier molecular flexibility index (Phi) is 4.11. The van der Waals surface area contributed by atoms with Crippen LogP contribution in [0.15, 0.2) is 24.3 Å². The van der Waals surface area contributed by atoms with Gasteiger partial charge in [-0.25, -0.2) is 0 Å². The van der Waals surface area contributed by atoms with Gasteiger partial charge in [-0.15, -0.1) is 0 Å². The van der Waals surface area contributed by atoms with Crippen molar-refractivity contribution in [1.82, 2.24) is 0 Å². The highest BCUT2D eigenvalue weighted by Crippen LogP contribution is 2.27. The molecule has 1 fully saturated rings. The monoisotopic (exact) mass is 270 g/mol. The molecule has 1 aliphatic rings. The summed E-state index contributed by atoms with van der Waals surface area (Å²) < 4.78 is 34.3. The molecule has 2 rings (SSSR count). The fourth-order valence-corrected chi connectivity index (χ4v) is 3.61. The third kappa shape index (κ3) is 3.16. The van der Waals surface area contributed by atoms with E-state index in [0.29, 0.717) is 24.3 Å². The molecule has 0 saturated heterocycles. The first-order valence-electron chi connectivity index (χ1n) is 6.19. The second-order valence-electron chi connectivity index (χ2n) is 4.51. The first kappa shape index (κ1) is 13.2. The molecule has 0 atom stereocenters. The summed E-state index contributed by atoms with van der Waals surface area (Å²) in [6, 6.07) is 6.59. The molecule has 18 heavy (non-hydrogen) atoms. The Bertz CT molecular complexity index is 472. The van der Waals surface area contributed by atoms with Crippen LogP contribution in [0.1, 0.15) is 32.1 Å². The quantitative estimate of drug-likeness (QED) is 0.789. The molecule has 100 valence electrons. The van der Waals surface area contributed by atoms with Crippen LogP contribution in [0, 0.1) is 0 Å². The van der Waals surface area contributed by atoms with Crippen LogP contribution in [-0.2, 0) is 10.1 Å². The van der Waals surface area contributed by atoms with Gasteiger partial charge in [0.25, 0.3) is 0 Å². The fraction of sp³-hybridized carbons (Fsp3) is 0.538. The van der Waals surface area contributed by atoms with Crippen LogP contribution >= 0.6 is 0 Å². The van der Waals surface area contributed by atoms with Crippen molar-refractivity contribution >= 4 is 10.1 Å². The minimum absolute atomic E-state index is 0.348. The molecular formula is C13H18O4S. The third-order valence-electron chi connectivity index (χ3n) is 3.23. The van der Waals surface area contributed by atoms with Crippen LogP contribution in [0.4, 0.5) is 0 Å². The van der Waals surface area contributed by atoms with Gasteiger partial charge in [-0.2, -0.15) is 8.42 Å². The van der Waals surface area contributed by atoms with Crippen molar-refractivity contribution in [3.63, 3.8) is 0 Å². The molecule has 0 aliphatic heterocycles. The van der Waals surface area contributed by atoms with E-state index in [1.807, 2.05) is 0 Å². The summed E-state index contributed by atoms with van der Waals surface area (Å²) in [6.07, 6.45) is 4.47. The van der Waals surface area contributed by atoms with Gasteiger partial charge in [-0.3, -0.25) is 0 Å². The molecule has 0 amide bonds. The van der Waals surface area contributed by atoms with Crippen molar-refractivity contribution in [3.8, 4) is 11.5 Å². The van der Waals surface area contributed by atoms with Crippen LogP contribution in [-0.4, -0.2) is 20.8 Å². The average molecular weight is 270 g/mol. The lowest BCUT2D eigenvalue weighted by atomic mass is 10.0. The van der Waals surface area contributed by atoms with E-state index in [2.05, 4.69) is 0 Å². The summed E-state index contributed by atoms with van der Waals surface area (Å²) in [5.74, 6) is 1.03.